The molecule has 4 heteroatoms. The average molecular weight is 271 g/mol. The largest absolute Gasteiger partial charge is 0.496 e. The zero-order valence-corrected chi connectivity index (χ0v) is 11.3. The van der Waals surface area contributed by atoms with Gasteiger partial charge in [-0.15, -0.1) is 0 Å². The molecule has 96 valence electrons. The Morgan fingerprint density at radius 3 is 2.68 bits per heavy atom. The van der Waals surface area contributed by atoms with Crippen LogP contribution in [0.3, 0.4) is 0 Å². The van der Waals surface area contributed by atoms with Gasteiger partial charge >= 0.3 is 0 Å². The van der Waals surface area contributed by atoms with E-state index >= 15 is 0 Å². The summed E-state index contributed by atoms with van der Waals surface area (Å²) in [4.78, 5) is 0.479. The second-order valence-corrected chi connectivity index (χ2v) is 4.58. The molecule has 0 radical (unpaired) electrons. The van der Waals surface area contributed by atoms with E-state index in [0.717, 1.165) is 22.4 Å². The van der Waals surface area contributed by atoms with Crippen molar-refractivity contribution in [1.82, 2.24) is 4.57 Å². The van der Waals surface area contributed by atoms with Crippen molar-refractivity contribution in [2.24, 2.45) is 0 Å². The van der Waals surface area contributed by atoms with E-state index < -0.39 is 0 Å². The molecule has 1 aromatic heterocycles. The maximum atomic E-state index is 5.58. The Morgan fingerprint density at radius 2 is 1.84 bits per heavy atom. The molecule has 3 nitrogen and oxygen atoms in total. The Bertz CT molecular complexity index is 773. The lowest BCUT2D eigenvalue weighted by atomic mass is 10.2. The Kier molecular flexibility index (Phi) is 3.09. The number of ether oxygens (including phenoxy) is 1. The summed E-state index contributed by atoms with van der Waals surface area (Å²) in [5, 5.41) is 0. The molecule has 0 bridgehead atoms. The van der Waals surface area contributed by atoms with Crippen molar-refractivity contribution in [2.75, 3.05) is 7.11 Å². The Labute approximate surface area is 116 Å². The molecule has 0 spiro atoms. The Morgan fingerprint density at radius 1 is 1.11 bits per heavy atom. The van der Waals surface area contributed by atoms with E-state index in [-0.39, 0.29) is 0 Å². The van der Waals surface area contributed by atoms with Crippen LogP contribution in [0.4, 0.5) is 0 Å². The maximum Gasteiger partial charge on any atom is 0.269 e. The lowest BCUT2D eigenvalue weighted by Gasteiger charge is -2.08. The average Bonchev–Trinajstić information content (AvgIpc) is 2.76. The van der Waals surface area contributed by atoms with Crippen LogP contribution in [0.5, 0.6) is 5.75 Å². The van der Waals surface area contributed by atoms with Gasteiger partial charge in [0.05, 0.1) is 19.2 Å². The number of hydrogen-bond donors (Lipinski definition) is 0. The van der Waals surface area contributed by atoms with E-state index in [0.29, 0.717) is 11.4 Å². The van der Waals surface area contributed by atoms with Crippen LogP contribution in [0.2, 0.25) is 0 Å². The summed E-state index contributed by atoms with van der Waals surface area (Å²) in [5.41, 5.74) is 2.88. The van der Waals surface area contributed by atoms with Crippen molar-refractivity contribution in [2.45, 2.75) is 6.54 Å². The molecule has 19 heavy (non-hydrogen) atoms. The van der Waals surface area contributed by atoms with Gasteiger partial charge in [0.25, 0.3) is 4.84 Å². The molecule has 0 amide bonds. The zero-order chi connectivity index (χ0) is 13.2. The fourth-order valence-corrected chi connectivity index (χ4v) is 2.42. The first-order valence-electron chi connectivity index (χ1n) is 6.00. The highest BCUT2D eigenvalue weighted by Crippen LogP contribution is 2.23. The summed E-state index contributed by atoms with van der Waals surface area (Å²) >= 11 is 5.29. The van der Waals surface area contributed by atoms with Crippen LogP contribution in [0.15, 0.2) is 52.9 Å². The molecule has 0 aliphatic carbocycles. The van der Waals surface area contributed by atoms with Gasteiger partial charge in [-0.2, -0.15) is 0 Å². The van der Waals surface area contributed by atoms with Crippen LogP contribution >= 0.6 is 12.2 Å². The molecule has 1 heterocycles. The van der Waals surface area contributed by atoms with Gasteiger partial charge in [-0.1, -0.05) is 30.3 Å². The van der Waals surface area contributed by atoms with Gasteiger partial charge in [-0.25, -0.2) is 0 Å². The summed E-state index contributed by atoms with van der Waals surface area (Å²) < 4.78 is 12.9. The summed E-state index contributed by atoms with van der Waals surface area (Å²) in [6.07, 6.45) is 0. The van der Waals surface area contributed by atoms with Gasteiger partial charge in [0.2, 0.25) is 0 Å². The third-order valence-electron chi connectivity index (χ3n) is 3.09. The van der Waals surface area contributed by atoms with Crippen molar-refractivity contribution in [3.63, 3.8) is 0 Å². The summed E-state index contributed by atoms with van der Waals surface area (Å²) in [5.74, 6) is 0.856. The minimum absolute atomic E-state index is 0.479. The minimum Gasteiger partial charge on any atom is -0.496 e. The van der Waals surface area contributed by atoms with Crippen molar-refractivity contribution in [3.05, 3.63) is 58.9 Å². The van der Waals surface area contributed by atoms with Crippen molar-refractivity contribution in [1.29, 1.82) is 0 Å². The smallest absolute Gasteiger partial charge is 0.269 e. The van der Waals surface area contributed by atoms with Gasteiger partial charge < -0.3 is 9.15 Å². The molecule has 0 fully saturated rings. The first-order valence-corrected chi connectivity index (χ1v) is 6.40. The predicted molar refractivity (Wildman–Crippen MR) is 77.1 cm³/mol. The van der Waals surface area contributed by atoms with Crippen LogP contribution in [0.25, 0.3) is 11.1 Å². The van der Waals surface area contributed by atoms with Crippen LogP contribution in [0, 0.1) is 4.84 Å². The molecular formula is C15H13NO2S. The van der Waals surface area contributed by atoms with E-state index in [4.69, 9.17) is 21.4 Å². The highest BCUT2D eigenvalue weighted by Gasteiger charge is 2.09. The number of benzene rings is 2. The highest BCUT2D eigenvalue weighted by atomic mass is 32.1. The van der Waals surface area contributed by atoms with Crippen molar-refractivity contribution < 1.29 is 9.15 Å². The quantitative estimate of drug-likeness (QED) is 0.673. The van der Waals surface area contributed by atoms with Gasteiger partial charge in [0, 0.05) is 5.56 Å². The van der Waals surface area contributed by atoms with Crippen LogP contribution in [0.1, 0.15) is 5.56 Å². The van der Waals surface area contributed by atoms with Crippen LogP contribution < -0.4 is 4.74 Å². The van der Waals surface area contributed by atoms with Gasteiger partial charge in [-0.05, 0) is 30.4 Å². The van der Waals surface area contributed by atoms with E-state index in [1.54, 1.807) is 7.11 Å². The van der Waals surface area contributed by atoms with E-state index in [2.05, 4.69) is 0 Å². The number of methoxy groups -OCH3 is 1. The molecule has 0 atom stereocenters. The lowest BCUT2D eigenvalue weighted by Crippen LogP contribution is -2.01. The summed E-state index contributed by atoms with van der Waals surface area (Å²) in [6, 6.07) is 15.8. The number of hydrogen-bond acceptors (Lipinski definition) is 3. The number of para-hydroxylation sites is 3. The molecule has 0 saturated carbocycles. The molecule has 0 aliphatic rings. The number of rotatable bonds is 3. The SMILES string of the molecule is COc1ccccc1Cn1c(=S)oc2ccccc21. The zero-order valence-electron chi connectivity index (χ0n) is 10.5. The number of fused-ring (bicyclic) bond motifs is 1. The molecular weight excluding hydrogens is 258 g/mol. The third-order valence-corrected chi connectivity index (χ3v) is 3.40. The highest BCUT2D eigenvalue weighted by molar-refractivity contribution is 7.71. The van der Waals surface area contributed by atoms with E-state index in [1.165, 1.54) is 0 Å². The van der Waals surface area contributed by atoms with E-state index in [9.17, 15) is 0 Å². The summed E-state index contributed by atoms with van der Waals surface area (Å²) in [7, 11) is 1.67. The summed E-state index contributed by atoms with van der Waals surface area (Å²) in [6.45, 7) is 0.639. The topological polar surface area (TPSA) is 27.3 Å². The van der Waals surface area contributed by atoms with Crippen LogP contribution in [-0.4, -0.2) is 11.7 Å². The van der Waals surface area contributed by atoms with Crippen molar-refractivity contribution in [3.8, 4) is 5.75 Å². The van der Waals surface area contributed by atoms with E-state index in [1.807, 2.05) is 53.1 Å². The maximum absolute atomic E-state index is 5.58. The van der Waals surface area contributed by atoms with Gasteiger partial charge in [-0.3, -0.25) is 4.57 Å². The Balaban J connectivity index is 2.11. The second kappa shape index (κ2) is 4.90. The molecule has 2 aromatic carbocycles. The predicted octanol–water partition coefficient (Wildman–Crippen LogP) is 4.02. The molecule has 0 N–H and O–H groups in total. The number of aromatic nitrogens is 1. The minimum atomic E-state index is 0.479. The molecule has 0 saturated heterocycles. The third kappa shape index (κ3) is 2.15. The first kappa shape index (κ1) is 12.0. The van der Waals surface area contributed by atoms with Gasteiger partial charge in [0.1, 0.15) is 5.75 Å². The molecule has 0 unspecified atom stereocenters. The number of oxazole rings is 1. The number of nitrogens with zero attached hydrogens (tertiary/aromatic N) is 1. The van der Waals surface area contributed by atoms with Crippen LogP contribution in [-0.2, 0) is 6.54 Å². The second-order valence-electron chi connectivity index (χ2n) is 4.23. The lowest BCUT2D eigenvalue weighted by molar-refractivity contribution is 0.408. The van der Waals surface area contributed by atoms with Crippen molar-refractivity contribution >= 4 is 23.3 Å². The fourth-order valence-electron chi connectivity index (χ4n) is 2.17. The fraction of sp³-hybridized carbons (Fsp3) is 0.133. The standard InChI is InChI=1S/C15H13NO2S/c1-17-13-8-4-2-6-11(13)10-16-12-7-3-5-9-14(12)18-15(16)19/h2-9H,10H2,1H3. The monoisotopic (exact) mass is 271 g/mol. The van der Waals surface area contributed by atoms with Gasteiger partial charge in [0.15, 0.2) is 5.58 Å². The molecule has 3 rings (SSSR count). The first-order chi connectivity index (χ1) is 9.29. The molecule has 0 aliphatic heterocycles. The normalized spacial score (nSPS) is 10.8. The molecule has 3 aromatic rings. The Hall–Kier alpha value is -2.07.